The topological polar surface area (TPSA) is 147 Å². The summed E-state index contributed by atoms with van der Waals surface area (Å²) in [6.45, 7) is 55.0. The third-order valence-electron chi connectivity index (χ3n) is 7.87. The Kier molecular flexibility index (Phi) is 174. The van der Waals surface area contributed by atoms with E-state index in [1.165, 1.54) is 96.2 Å². The molecule has 0 atom stereocenters. The molecule has 0 aromatic rings. The van der Waals surface area contributed by atoms with E-state index in [2.05, 4.69) is 36.1 Å². The summed E-state index contributed by atoms with van der Waals surface area (Å²) in [4.78, 5) is 41.8. The summed E-state index contributed by atoms with van der Waals surface area (Å²) in [7, 11) is 0. The molecule has 5 heterocycles. The van der Waals surface area contributed by atoms with E-state index < -0.39 is 0 Å². The van der Waals surface area contributed by atoms with Gasteiger partial charge in [0.25, 0.3) is 0 Å². The molecule has 11 nitrogen and oxygen atoms in total. The molecule has 434 valence electrons. The maximum atomic E-state index is 10.6. The molecule has 1 saturated carbocycles. The number of urea groups is 1. The van der Waals surface area contributed by atoms with Crippen LogP contribution in [0.2, 0.25) is 0 Å². The Balaban J connectivity index is -0.0000000531. The maximum absolute atomic E-state index is 10.6. The van der Waals surface area contributed by atoms with Gasteiger partial charge in [-0.05, 0) is 77.3 Å². The van der Waals surface area contributed by atoms with Gasteiger partial charge < -0.3 is 36.1 Å². The van der Waals surface area contributed by atoms with Gasteiger partial charge in [0.15, 0.2) is 0 Å². The Morgan fingerprint density at radius 2 is 0.643 bits per heavy atom. The summed E-state index contributed by atoms with van der Waals surface area (Å²) in [6, 6.07) is -0.0255. The van der Waals surface area contributed by atoms with E-state index in [0.717, 1.165) is 84.0 Å². The number of carbonyl (C=O) groups is 4. The van der Waals surface area contributed by atoms with Crippen LogP contribution < -0.4 is 26.6 Å². The third-order valence-corrected chi connectivity index (χ3v) is 7.87. The summed E-state index contributed by atoms with van der Waals surface area (Å²) < 4.78 is 9.33. The highest BCUT2D eigenvalue weighted by Gasteiger charge is 2.05. The predicted molar refractivity (Wildman–Crippen MR) is 320 cm³/mol. The number of hydrogen-bond donors (Lipinski definition) is 5. The van der Waals surface area contributed by atoms with Crippen molar-refractivity contribution in [2.45, 2.75) is 301 Å². The van der Waals surface area contributed by atoms with Crippen LogP contribution in [0.25, 0.3) is 0 Å². The van der Waals surface area contributed by atoms with Crippen LogP contribution >= 0.6 is 0 Å². The quantitative estimate of drug-likeness (QED) is 0.120. The lowest BCUT2D eigenvalue weighted by atomic mass is 10.2. The van der Waals surface area contributed by atoms with Gasteiger partial charge in [0, 0.05) is 38.7 Å². The van der Waals surface area contributed by atoms with Gasteiger partial charge in [-0.2, -0.15) is 0 Å². The Morgan fingerprint density at radius 1 is 0.329 bits per heavy atom. The normalized spacial score (nSPS) is 15.3. The van der Waals surface area contributed by atoms with Crippen LogP contribution in [0.15, 0.2) is 12.2 Å². The van der Waals surface area contributed by atoms with Crippen molar-refractivity contribution in [3.63, 3.8) is 0 Å². The zero-order chi connectivity index (χ0) is 57.2. The van der Waals surface area contributed by atoms with E-state index >= 15 is 0 Å². The Bertz CT molecular complexity index is 677. The second kappa shape index (κ2) is 126. The van der Waals surface area contributed by atoms with Gasteiger partial charge in [-0.25, -0.2) is 14.4 Å². The van der Waals surface area contributed by atoms with Crippen molar-refractivity contribution >= 4 is 24.0 Å². The molecule has 0 spiro atoms. The summed E-state index contributed by atoms with van der Waals surface area (Å²) in [6.07, 6.45) is 29.5. The molecule has 0 unspecified atom stereocenters. The Morgan fingerprint density at radius 3 is 1.07 bits per heavy atom. The highest BCUT2D eigenvalue weighted by Crippen LogP contribution is 2.15. The lowest BCUT2D eigenvalue weighted by Crippen LogP contribution is -2.32. The number of allylic oxidation sites excluding steroid dienone is 1. The number of hydrogen-bond acceptors (Lipinski definition) is 7. The number of rotatable bonds is 0. The fraction of sp³-hybridized carbons (Fsp3) is 0.898. The van der Waals surface area contributed by atoms with Crippen molar-refractivity contribution < 1.29 is 28.7 Å². The first-order chi connectivity index (χ1) is 34.6. The van der Waals surface area contributed by atoms with Gasteiger partial charge >= 0.3 is 18.1 Å². The van der Waals surface area contributed by atoms with Crippen LogP contribution in [0.1, 0.15) is 301 Å². The first kappa shape index (κ1) is 96.6. The second-order valence-electron chi connectivity index (χ2n) is 12.2. The van der Waals surface area contributed by atoms with Crippen molar-refractivity contribution in [2.75, 3.05) is 52.5 Å². The van der Waals surface area contributed by atoms with E-state index in [0.29, 0.717) is 13.2 Å². The first-order valence-corrected chi connectivity index (χ1v) is 30.3. The summed E-state index contributed by atoms with van der Waals surface area (Å²) in [5.74, 6) is 0.0185. The van der Waals surface area contributed by atoms with Crippen molar-refractivity contribution in [3.8, 4) is 0 Å². The van der Waals surface area contributed by atoms with Crippen molar-refractivity contribution in [1.29, 1.82) is 0 Å². The number of amides is 4. The molecule has 70 heavy (non-hydrogen) atoms. The fourth-order valence-corrected chi connectivity index (χ4v) is 5.07. The van der Waals surface area contributed by atoms with Gasteiger partial charge in [0.1, 0.15) is 0 Å². The molecular formula is C59H137N5O6. The van der Waals surface area contributed by atoms with Gasteiger partial charge in [-0.15, -0.1) is 0 Å². The summed E-state index contributed by atoms with van der Waals surface area (Å²) in [5, 5.41) is 14.1. The van der Waals surface area contributed by atoms with Crippen LogP contribution in [-0.2, 0) is 19.1 Å². The van der Waals surface area contributed by atoms with Crippen molar-refractivity contribution in [2.24, 2.45) is 0 Å². The highest BCUT2D eigenvalue weighted by molar-refractivity contribution is 5.82. The Labute approximate surface area is 443 Å². The predicted octanol–water partition coefficient (Wildman–Crippen LogP) is 18.3. The lowest BCUT2D eigenvalue weighted by Gasteiger charge is -1.96. The monoisotopic (exact) mass is 1010 g/mol. The number of ether oxygens (including phenoxy) is 2. The highest BCUT2D eigenvalue weighted by atomic mass is 16.5. The van der Waals surface area contributed by atoms with E-state index in [1.54, 1.807) is 0 Å². The minimum Gasteiger partial charge on any atom is -0.463 e. The van der Waals surface area contributed by atoms with E-state index in [9.17, 15) is 19.2 Å². The van der Waals surface area contributed by atoms with Crippen LogP contribution in [0.5, 0.6) is 0 Å². The first-order valence-electron chi connectivity index (χ1n) is 30.3. The van der Waals surface area contributed by atoms with Gasteiger partial charge in [-0.1, -0.05) is 236 Å². The zero-order valence-electron chi connectivity index (χ0n) is 52.6. The molecule has 5 fully saturated rings. The molecular weight excluding hydrogens is 875 g/mol. The van der Waals surface area contributed by atoms with Gasteiger partial charge in [0.2, 0.25) is 5.91 Å². The van der Waals surface area contributed by atoms with Crippen LogP contribution in [0.4, 0.5) is 9.59 Å². The molecule has 5 aliphatic heterocycles. The van der Waals surface area contributed by atoms with Crippen LogP contribution in [0, 0.1) is 0 Å². The molecule has 11 heteroatoms. The summed E-state index contributed by atoms with van der Waals surface area (Å²) in [5.41, 5.74) is 0. The molecule has 6 aliphatic rings. The number of cyclic esters (lactones) is 2. The smallest absolute Gasteiger partial charge is 0.407 e. The maximum Gasteiger partial charge on any atom is 0.407 e. The average molecular weight is 1010 g/mol. The number of nitrogens with one attached hydrogen (secondary N) is 5. The van der Waals surface area contributed by atoms with Crippen molar-refractivity contribution in [3.05, 3.63) is 12.2 Å². The van der Waals surface area contributed by atoms with Gasteiger partial charge in [-0.3, -0.25) is 4.79 Å². The standard InChI is InChI=1S/C7H14.C6H11NO.C6H13N.C6H8O2.C5H10N2O.C5H9NO2.12C2H6/c1-2-4-6-7-5-3-1;8-6-4-2-1-3-5-7-6;1-2-4-6-7-5-3-1;7-6-4-2-1-3-5-8-6;8-5-6-3-1-2-4-7-5;7-5-6-3-1-2-4-8-5;12*1-2/h1-7H2;1-5H2,(H,7,8);7H,1-6H2;2,4H,1,3,5H2;1-4H2,(H2,6,7,8);1-4H2,(H,6,7);12*1-2H3. The van der Waals surface area contributed by atoms with Crippen LogP contribution in [-0.4, -0.2) is 76.5 Å². The third kappa shape index (κ3) is 121. The molecule has 0 aromatic carbocycles. The molecule has 0 bridgehead atoms. The molecule has 1 aliphatic carbocycles. The largest absolute Gasteiger partial charge is 0.463 e. The molecule has 6 rings (SSSR count). The number of esters is 1. The molecule has 0 radical (unpaired) electrons. The van der Waals surface area contributed by atoms with E-state index in [1.807, 2.05) is 172 Å². The van der Waals surface area contributed by atoms with E-state index in [-0.39, 0.29) is 24.0 Å². The molecule has 4 amide bonds. The molecule has 5 N–H and O–H groups in total. The number of carbonyl (C=O) groups excluding carboxylic acids is 4. The average Bonchev–Trinajstić information content (AvgIpc) is 4.21. The van der Waals surface area contributed by atoms with E-state index in [4.69, 9.17) is 0 Å². The van der Waals surface area contributed by atoms with Crippen molar-refractivity contribution in [1.82, 2.24) is 26.6 Å². The number of alkyl carbamates (subject to hydrolysis) is 1. The minimum atomic E-state index is -0.275. The minimum absolute atomic E-state index is 0.0255. The lowest BCUT2D eigenvalue weighted by molar-refractivity contribution is -0.137. The molecule has 0 aromatic heterocycles. The van der Waals surface area contributed by atoms with Gasteiger partial charge in [0.05, 0.1) is 13.2 Å². The summed E-state index contributed by atoms with van der Waals surface area (Å²) >= 11 is 0. The molecule has 4 saturated heterocycles. The fourth-order valence-electron chi connectivity index (χ4n) is 5.07. The Hall–Kier alpha value is -2.82. The zero-order valence-corrected chi connectivity index (χ0v) is 52.6. The van der Waals surface area contributed by atoms with Crippen LogP contribution in [0.3, 0.4) is 0 Å². The second-order valence-corrected chi connectivity index (χ2v) is 12.2. The SMILES string of the molecule is C1CCCCCC1.C1CCCNCC1.CC.CC.CC.CC.CC.CC.CC.CC.CC.CC.CC.CC.O=C1C=CCCCO1.O=C1CCCCCN1.O=C1NCCCCN1.O=C1NCCCCO1.